The second kappa shape index (κ2) is 10.1. The van der Waals surface area contributed by atoms with Crippen LogP contribution in [0.5, 0.6) is 0 Å². The second-order valence-electron chi connectivity index (χ2n) is 6.01. The third-order valence-corrected chi connectivity index (χ3v) is 4.03. The highest BCUT2D eigenvalue weighted by Gasteiger charge is 2.14. The molecular formula is C17H25BrN4O3. The lowest BCUT2D eigenvalue weighted by Crippen LogP contribution is -2.47. The van der Waals surface area contributed by atoms with E-state index in [0.717, 1.165) is 22.1 Å². The SMILES string of the molecule is CC[C@H](C)NC(=O)NC(=O)CN(C)CC(=O)Nc1ccc(Br)cc1C. The minimum atomic E-state index is -0.525. The molecule has 1 aromatic carbocycles. The number of carbonyl (C=O) groups excluding carboxylic acids is 3. The van der Waals surface area contributed by atoms with Crippen LogP contribution in [-0.4, -0.2) is 48.9 Å². The Morgan fingerprint density at radius 3 is 2.44 bits per heavy atom. The number of carbonyl (C=O) groups is 3. The van der Waals surface area contributed by atoms with Gasteiger partial charge in [0.2, 0.25) is 11.8 Å². The van der Waals surface area contributed by atoms with Gasteiger partial charge in [0.25, 0.3) is 0 Å². The van der Waals surface area contributed by atoms with Crippen LogP contribution in [0.25, 0.3) is 0 Å². The van der Waals surface area contributed by atoms with E-state index in [1.165, 1.54) is 4.90 Å². The fraction of sp³-hybridized carbons (Fsp3) is 0.471. The molecule has 0 aliphatic carbocycles. The van der Waals surface area contributed by atoms with Crippen LogP contribution in [0.2, 0.25) is 0 Å². The number of benzene rings is 1. The molecule has 0 spiro atoms. The molecule has 0 aliphatic heterocycles. The second-order valence-corrected chi connectivity index (χ2v) is 6.93. The quantitative estimate of drug-likeness (QED) is 0.640. The van der Waals surface area contributed by atoms with Crippen LogP contribution in [0.3, 0.4) is 0 Å². The van der Waals surface area contributed by atoms with Gasteiger partial charge in [-0.1, -0.05) is 22.9 Å². The first-order valence-electron chi connectivity index (χ1n) is 8.06. The minimum Gasteiger partial charge on any atom is -0.335 e. The molecule has 0 unspecified atom stereocenters. The van der Waals surface area contributed by atoms with Crippen molar-refractivity contribution in [2.45, 2.75) is 33.2 Å². The van der Waals surface area contributed by atoms with Crippen molar-refractivity contribution >= 4 is 39.5 Å². The lowest BCUT2D eigenvalue weighted by Gasteiger charge is -2.17. The molecule has 25 heavy (non-hydrogen) atoms. The zero-order valence-electron chi connectivity index (χ0n) is 15.0. The number of amides is 4. The highest BCUT2D eigenvalue weighted by Crippen LogP contribution is 2.19. The van der Waals surface area contributed by atoms with E-state index in [0.29, 0.717) is 0 Å². The largest absolute Gasteiger partial charge is 0.335 e. The molecule has 0 fully saturated rings. The molecule has 138 valence electrons. The molecule has 1 aromatic rings. The lowest BCUT2D eigenvalue weighted by molar-refractivity contribution is -0.122. The zero-order chi connectivity index (χ0) is 19.0. The van der Waals surface area contributed by atoms with Gasteiger partial charge in [-0.05, 0) is 51.1 Å². The van der Waals surface area contributed by atoms with E-state index in [9.17, 15) is 14.4 Å². The molecule has 0 radical (unpaired) electrons. The van der Waals surface area contributed by atoms with Crippen molar-refractivity contribution in [1.29, 1.82) is 0 Å². The molecule has 1 rings (SSSR count). The van der Waals surface area contributed by atoms with Crippen LogP contribution in [0.1, 0.15) is 25.8 Å². The highest BCUT2D eigenvalue weighted by atomic mass is 79.9. The summed E-state index contributed by atoms with van der Waals surface area (Å²) < 4.78 is 0.937. The normalized spacial score (nSPS) is 11.8. The number of hydrogen-bond donors (Lipinski definition) is 3. The van der Waals surface area contributed by atoms with Crippen LogP contribution in [0.4, 0.5) is 10.5 Å². The summed E-state index contributed by atoms with van der Waals surface area (Å²) in [6.45, 7) is 5.67. The Morgan fingerprint density at radius 1 is 1.20 bits per heavy atom. The van der Waals surface area contributed by atoms with Crippen molar-refractivity contribution in [3.63, 3.8) is 0 Å². The Hall–Kier alpha value is -1.93. The minimum absolute atomic E-state index is 0.00884. The molecule has 7 nitrogen and oxygen atoms in total. The maximum atomic E-state index is 12.1. The van der Waals surface area contributed by atoms with Crippen LogP contribution in [0.15, 0.2) is 22.7 Å². The van der Waals surface area contributed by atoms with Gasteiger partial charge in [0.05, 0.1) is 13.1 Å². The number of nitrogens with zero attached hydrogens (tertiary/aromatic N) is 1. The van der Waals surface area contributed by atoms with Crippen LogP contribution in [0, 0.1) is 6.92 Å². The van der Waals surface area contributed by atoms with E-state index >= 15 is 0 Å². The first kappa shape index (κ1) is 21.1. The monoisotopic (exact) mass is 412 g/mol. The number of nitrogens with one attached hydrogen (secondary N) is 3. The van der Waals surface area contributed by atoms with E-state index in [-0.39, 0.29) is 25.0 Å². The summed E-state index contributed by atoms with van der Waals surface area (Å²) in [5.41, 5.74) is 1.66. The fourth-order valence-electron chi connectivity index (χ4n) is 2.03. The third-order valence-electron chi connectivity index (χ3n) is 3.53. The van der Waals surface area contributed by atoms with Gasteiger partial charge in [0, 0.05) is 16.2 Å². The van der Waals surface area contributed by atoms with Gasteiger partial charge in [-0.2, -0.15) is 0 Å². The van der Waals surface area contributed by atoms with Crippen molar-refractivity contribution in [2.75, 3.05) is 25.5 Å². The van der Waals surface area contributed by atoms with E-state index in [1.54, 1.807) is 7.05 Å². The summed E-state index contributed by atoms with van der Waals surface area (Å²) >= 11 is 3.37. The average Bonchev–Trinajstić information content (AvgIpc) is 2.49. The number of hydrogen-bond acceptors (Lipinski definition) is 4. The van der Waals surface area contributed by atoms with E-state index in [4.69, 9.17) is 0 Å². The Bertz CT molecular complexity index is 636. The maximum absolute atomic E-state index is 12.1. The van der Waals surface area contributed by atoms with Crippen molar-refractivity contribution in [3.8, 4) is 0 Å². The summed E-state index contributed by atoms with van der Waals surface area (Å²) in [6, 6.07) is 5.02. The summed E-state index contributed by atoms with van der Waals surface area (Å²) in [4.78, 5) is 37.0. The van der Waals surface area contributed by atoms with Gasteiger partial charge in [-0.25, -0.2) is 4.79 Å². The van der Waals surface area contributed by atoms with Gasteiger partial charge < -0.3 is 10.6 Å². The van der Waals surface area contributed by atoms with Crippen molar-refractivity contribution in [1.82, 2.24) is 15.5 Å². The number of anilines is 1. The summed E-state index contributed by atoms with van der Waals surface area (Å²) in [7, 11) is 1.64. The summed E-state index contributed by atoms with van der Waals surface area (Å²) in [5.74, 6) is -0.694. The van der Waals surface area contributed by atoms with Crippen molar-refractivity contribution < 1.29 is 14.4 Å². The number of likely N-dealkylation sites (N-methyl/N-ethyl adjacent to an activating group) is 1. The molecule has 0 bridgehead atoms. The lowest BCUT2D eigenvalue weighted by atomic mass is 10.2. The van der Waals surface area contributed by atoms with E-state index in [2.05, 4.69) is 31.9 Å². The molecule has 4 amide bonds. The standard InChI is InChI=1S/C17H25BrN4O3/c1-5-12(3)19-17(25)21-16(24)10-22(4)9-15(23)20-14-7-6-13(18)8-11(14)2/h6-8,12H,5,9-10H2,1-4H3,(H,20,23)(H2,19,21,24,25)/t12-/m0/s1. The van der Waals surface area contributed by atoms with E-state index in [1.807, 2.05) is 39.0 Å². The molecule has 0 heterocycles. The van der Waals surface area contributed by atoms with Crippen LogP contribution >= 0.6 is 15.9 Å². The average molecular weight is 413 g/mol. The molecule has 3 N–H and O–H groups in total. The number of rotatable bonds is 7. The Balaban J connectivity index is 2.42. The van der Waals surface area contributed by atoms with Crippen LogP contribution in [-0.2, 0) is 9.59 Å². The molecule has 0 saturated heterocycles. The molecular weight excluding hydrogens is 388 g/mol. The molecule has 8 heteroatoms. The van der Waals surface area contributed by atoms with Crippen molar-refractivity contribution in [3.05, 3.63) is 28.2 Å². The summed E-state index contributed by atoms with van der Waals surface area (Å²) in [6.07, 6.45) is 0.775. The topological polar surface area (TPSA) is 90.5 Å². The van der Waals surface area contributed by atoms with E-state index < -0.39 is 11.9 Å². The third kappa shape index (κ3) is 8.13. The van der Waals surface area contributed by atoms with Gasteiger partial charge >= 0.3 is 6.03 Å². The molecule has 0 aliphatic rings. The number of urea groups is 1. The number of imide groups is 1. The Labute approximate surface area is 156 Å². The zero-order valence-corrected chi connectivity index (χ0v) is 16.6. The first-order chi connectivity index (χ1) is 11.7. The number of halogens is 1. The van der Waals surface area contributed by atoms with Crippen molar-refractivity contribution in [2.24, 2.45) is 0 Å². The van der Waals surface area contributed by atoms with Gasteiger partial charge in [0.1, 0.15) is 0 Å². The van der Waals surface area contributed by atoms with Crippen LogP contribution < -0.4 is 16.0 Å². The fourth-order valence-corrected chi connectivity index (χ4v) is 2.51. The Kier molecular flexibility index (Phi) is 8.57. The molecule has 0 aromatic heterocycles. The molecule has 0 saturated carbocycles. The number of aryl methyl sites for hydroxylation is 1. The van der Waals surface area contributed by atoms with Gasteiger partial charge in [0.15, 0.2) is 0 Å². The highest BCUT2D eigenvalue weighted by molar-refractivity contribution is 9.10. The molecule has 1 atom stereocenters. The maximum Gasteiger partial charge on any atom is 0.321 e. The summed E-state index contributed by atoms with van der Waals surface area (Å²) in [5, 5.41) is 7.70. The van der Waals surface area contributed by atoms with Gasteiger partial charge in [-0.15, -0.1) is 0 Å². The Morgan fingerprint density at radius 2 is 1.84 bits per heavy atom. The predicted octanol–water partition coefficient (Wildman–Crippen LogP) is 2.25. The first-order valence-corrected chi connectivity index (χ1v) is 8.85. The van der Waals surface area contributed by atoms with Gasteiger partial charge in [-0.3, -0.25) is 19.8 Å². The smallest absolute Gasteiger partial charge is 0.321 e. The predicted molar refractivity (Wildman–Crippen MR) is 101 cm³/mol.